The van der Waals surface area contributed by atoms with E-state index in [-0.39, 0.29) is 5.75 Å². The highest BCUT2D eigenvalue weighted by Crippen LogP contribution is 2.33. The number of phenols is 1. The summed E-state index contributed by atoms with van der Waals surface area (Å²) >= 11 is 1.42. The zero-order valence-corrected chi connectivity index (χ0v) is 12.4. The smallest absolute Gasteiger partial charge is 0.231 e. The van der Waals surface area contributed by atoms with Crippen molar-refractivity contribution in [2.45, 2.75) is 6.92 Å². The summed E-state index contributed by atoms with van der Waals surface area (Å²) in [4.78, 5) is 4.38. The number of hydrogen-bond acceptors (Lipinski definition) is 6. The average molecular weight is 299 g/mol. The molecule has 1 aromatic heterocycles. The van der Waals surface area contributed by atoms with Crippen LogP contribution in [0.3, 0.4) is 0 Å². The number of fused-ring (bicyclic) bond motifs is 1. The van der Waals surface area contributed by atoms with Crippen LogP contribution in [-0.2, 0) is 0 Å². The highest BCUT2D eigenvalue weighted by Gasteiger charge is 2.05. The Morgan fingerprint density at radius 3 is 2.81 bits per heavy atom. The van der Waals surface area contributed by atoms with Gasteiger partial charge in [-0.1, -0.05) is 17.4 Å². The van der Waals surface area contributed by atoms with E-state index in [4.69, 9.17) is 4.74 Å². The number of hydrogen-bond donors (Lipinski definition) is 1. The van der Waals surface area contributed by atoms with Crippen LogP contribution in [0.25, 0.3) is 10.2 Å². The number of rotatable bonds is 3. The Bertz CT molecular complexity index is 827. The predicted octanol–water partition coefficient (Wildman–Crippen LogP) is 4.73. The number of benzene rings is 2. The van der Waals surface area contributed by atoms with Crippen molar-refractivity contribution in [2.75, 3.05) is 7.11 Å². The molecule has 0 saturated carbocycles. The molecule has 0 amide bonds. The monoisotopic (exact) mass is 299 g/mol. The summed E-state index contributed by atoms with van der Waals surface area (Å²) in [7, 11) is 1.63. The lowest BCUT2D eigenvalue weighted by Crippen LogP contribution is -1.80. The Labute approximate surface area is 125 Å². The lowest BCUT2D eigenvalue weighted by Gasteiger charge is -1.97. The lowest BCUT2D eigenvalue weighted by molar-refractivity contribution is 0.415. The Hall–Kier alpha value is -2.47. The third kappa shape index (κ3) is 2.85. The maximum absolute atomic E-state index is 9.73. The normalized spacial score (nSPS) is 11.3. The molecule has 0 aliphatic rings. The molecule has 0 saturated heterocycles. The summed E-state index contributed by atoms with van der Waals surface area (Å²) in [6.45, 7) is 1.93. The van der Waals surface area contributed by atoms with Crippen LogP contribution in [0, 0.1) is 6.92 Å². The Morgan fingerprint density at radius 2 is 2.00 bits per heavy atom. The molecule has 0 radical (unpaired) electrons. The fraction of sp³-hybridized carbons (Fsp3) is 0.133. The van der Waals surface area contributed by atoms with Crippen molar-refractivity contribution in [3.8, 4) is 11.5 Å². The number of nitrogens with zero attached hydrogens (tertiary/aromatic N) is 3. The largest absolute Gasteiger partial charge is 0.506 e. The number of azo groups is 1. The van der Waals surface area contributed by atoms with E-state index < -0.39 is 0 Å². The van der Waals surface area contributed by atoms with Crippen molar-refractivity contribution >= 4 is 32.4 Å². The topological polar surface area (TPSA) is 67.1 Å². The van der Waals surface area contributed by atoms with Crippen molar-refractivity contribution in [2.24, 2.45) is 10.2 Å². The minimum absolute atomic E-state index is 0.104. The Balaban J connectivity index is 1.94. The standard InChI is InChI=1S/C15H13N3O2S/c1-9-3-6-13(19)12(7-9)17-18-15-16-11-5-4-10(20-2)8-14(11)21-15/h3-8,19H,1-2H3. The molecule has 106 valence electrons. The Kier molecular flexibility index (Phi) is 3.53. The van der Waals surface area contributed by atoms with Gasteiger partial charge in [0, 0.05) is 0 Å². The SMILES string of the molecule is COc1ccc2nc(N=Nc3cc(C)ccc3O)sc2c1. The van der Waals surface area contributed by atoms with Gasteiger partial charge in [0.2, 0.25) is 5.13 Å². The summed E-state index contributed by atoms with van der Waals surface area (Å²) in [5.74, 6) is 0.887. The first-order valence-corrected chi connectivity index (χ1v) is 7.13. The van der Waals surface area contributed by atoms with Crippen molar-refractivity contribution in [3.63, 3.8) is 0 Å². The van der Waals surface area contributed by atoms with Crippen LogP contribution < -0.4 is 4.74 Å². The molecule has 2 aromatic carbocycles. The van der Waals surface area contributed by atoms with Crippen molar-refractivity contribution < 1.29 is 9.84 Å². The van der Waals surface area contributed by atoms with Crippen LogP contribution in [0.2, 0.25) is 0 Å². The molecule has 1 heterocycles. The van der Waals surface area contributed by atoms with Gasteiger partial charge in [0.15, 0.2) is 0 Å². The fourth-order valence-corrected chi connectivity index (χ4v) is 2.69. The zero-order valence-electron chi connectivity index (χ0n) is 11.6. The van der Waals surface area contributed by atoms with Crippen LogP contribution in [-0.4, -0.2) is 17.2 Å². The lowest BCUT2D eigenvalue weighted by atomic mass is 10.2. The molecule has 0 spiro atoms. The van der Waals surface area contributed by atoms with Crippen LogP contribution in [0.5, 0.6) is 11.5 Å². The number of aromatic hydroxyl groups is 1. The van der Waals surface area contributed by atoms with E-state index in [1.54, 1.807) is 19.2 Å². The molecule has 6 heteroatoms. The first-order chi connectivity index (χ1) is 10.2. The third-order valence-electron chi connectivity index (χ3n) is 2.96. The minimum Gasteiger partial charge on any atom is -0.506 e. The van der Waals surface area contributed by atoms with E-state index in [0.717, 1.165) is 21.5 Å². The number of aromatic nitrogens is 1. The molecule has 3 aromatic rings. The van der Waals surface area contributed by atoms with Crippen molar-refractivity contribution in [1.29, 1.82) is 0 Å². The van der Waals surface area contributed by atoms with Gasteiger partial charge in [-0.05, 0) is 42.8 Å². The maximum Gasteiger partial charge on any atom is 0.231 e. The molecule has 0 fully saturated rings. The first-order valence-electron chi connectivity index (χ1n) is 6.31. The summed E-state index contributed by atoms with van der Waals surface area (Å²) in [5.41, 5.74) is 2.30. The Morgan fingerprint density at radius 1 is 1.14 bits per heavy atom. The van der Waals surface area contributed by atoms with Crippen LogP contribution in [0.1, 0.15) is 5.56 Å². The first kappa shape index (κ1) is 13.5. The molecule has 21 heavy (non-hydrogen) atoms. The van der Waals surface area contributed by atoms with Gasteiger partial charge in [-0.15, -0.1) is 10.2 Å². The second kappa shape index (κ2) is 5.49. The van der Waals surface area contributed by atoms with E-state index in [1.807, 2.05) is 31.2 Å². The average Bonchev–Trinajstić information content (AvgIpc) is 2.89. The third-order valence-corrected chi connectivity index (χ3v) is 3.86. The number of aryl methyl sites for hydroxylation is 1. The molecule has 5 nitrogen and oxygen atoms in total. The van der Waals surface area contributed by atoms with E-state index in [2.05, 4.69) is 15.2 Å². The molecule has 1 N–H and O–H groups in total. The summed E-state index contributed by atoms with van der Waals surface area (Å²) in [5, 5.41) is 18.4. The molecule has 0 aliphatic heterocycles. The van der Waals surface area contributed by atoms with Crippen LogP contribution >= 0.6 is 11.3 Å². The van der Waals surface area contributed by atoms with Gasteiger partial charge in [-0.25, -0.2) is 4.98 Å². The molecular formula is C15H13N3O2S. The quantitative estimate of drug-likeness (QED) is 0.711. The van der Waals surface area contributed by atoms with E-state index >= 15 is 0 Å². The van der Waals surface area contributed by atoms with Gasteiger partial charge in [0.1, 0.15) is 17.2 Å². The van der Waals surface area contributed by atoms with Crippen molar-refractivity contribution in [3.05, 3.63) is 42.0 Å². The highest BCUT2D eigenvalue weighted by atomic mass is 32.1. The summed E-state index contributed by atoms with van der Waals surface area (Å²) in [6, 6.07) is 10.8. The van der Waals surface area contributed by atoms with Crippen LogP contribution in [0.4, 0.5) is 10.8 Å². The van der Waals surface area contributed by atoms with E-state index in [0.29, 0.717) is 10.8 Å². The maximum atomic E-state index is 9.73. The van der Waals surface area contributed by atoms with Gasteiger partial charge in [0.25, 0.3) is 0 Å². The predicted molar refractivity (Wildman–Crippen MR) is 83.2 cm³/mol. The molecule has 0 bridgehead atoms. The fourth-order valence-electron chi connectivity index (χ4n) is 1.87. The second-order valence-electron chi connectivity index (χ2n) is 4.52. The summed E-state index contributed by atoms with van der Waals surface area (Å²) < 4.78 is 6.16. The molecule has 0 aliphatic carbocycles. The minimum atomic E-state index is 0.104. The van der Waals surface area contributed by atoms with Gasteiger partial charge in [-0.3, -0.25) is 0 Å². The highest BCUT2D eigenvalue weighted by molar-refractivity contribution is 7.21. The molecule has 0 atom stereocenters. The zero-order chi connectivity index (χ0) is 14.8. The number of thiazole rings is 1. The summed E-state index contributed by atoms with van der Waals surface area (Å²) in [6.07, 6.45) is 0. The number of ether oxygens (including phenoxy) is 1. The number of methoxy groups -OCH3 is 1. The second-order valence-corrected chi connectivity index (χ2v) is 5.53. The number of phenolic OH excluding ortho intramolecular Hbond substituents is 1. The van der Waals surface area contributed by atoms with Gasteiger partial charge < -0.3 is 9.84 Å². The van der Waals surface area contributed by atoms with E-state index in [9.17, 15) is 5.11 Å². The molecular weight excluding hydrogens is 286 g/mol. The van der Waals surface area contributed by atoms with Gasteiger partial charge >= 0.3 is 0 Å². The molecule has 0 unspecified atom stereocenters. The molecule has 3 rings (SSSR count). The van der Waals surface area contributed by atoms with Crippen molar-refractivity contribution in [1.82, 2.24) is 4.98 Å². The van der Waals surface area contributed by atoms with Gasteiger partial charge in [0.05, 0.1) is 17.3 Å². The van der Waals surface area contributed by atoms with Gasteiger partial charge in [-0.2, -0.15) is 0 Å². The van der Waals surface area contributed by atoms with Crippen LogP contribution in [0.15, 0.2) is 46.6 Å². The van der Waals surface area contributed by atoms with E-state index in [1.165, 1.54) is 11.3 Å².